The first-order valence-electron chi connectivity index (χ1n) is 5.81. The molecule has 1 atom stereocenters. The summed E-state index contributed by atoms with van der Waals surface area (Å²) in [5.74, 6) is 5.60. The summed E-state index contributed by atoms with van der Waals surface area (Å²) >= 11 is 1.77. The molecule has 0 fully saturated rings. The Bertz CT molecular complexity index is 435. The van der Waals surface area contributed by atoms with Crippen molar-refractivity contribution in [3.8, 4) is 0 Å². The highest BCUT2D eigenvalue weighted by Crippen LogP contribution is 2.13. The van der Waals surface area contributed by atoms with Gasteiger partial charge in [0.2, 0.25) is 0 Å². The molecule has 4 nitrogen and oxygen atoms in total. The van der Waals surface area contributed by atoms with Crippen molar-refractivity contribution in [1.82, 2.24) is 15.2 Å². The maximum atomic E-state index is 5.60. The van der Waals surface area contributed by atoms with Crippen molar-refractivity contribution in [2.24, 2.45) is 5.84 Å². The fourth-order valence-electron chi connectivity index (χ4n) is 1.83. The molecule has 0 aliphatic heterocycles. The molecule has 3 N–H and O–H groups in total. The van der Waals surface area contributed by atoms with Crippen LogP contribution in [0.2, 0.25) is 0 Å². The van der Waals surface area contributed by atoms with Crippen LogP contribution < -0.4 is 11.3 Å². The number of aromatic nitrogens is 2. The van der Waals surface area contributed by atoms with Gasteiger partial charge in [0.05, 0.1) is 6.20 Å². The number of hydrogen-bond donors (Lipinski definition) is 2. The predicted octanol–water partition coefficient (Wildman–Crippen LogP) is 1.58. The summed E-state index contributed by atoms with van der Waals surface area (Å²) in [6, 6.07) is 4.48. The van der Waals surface area contributed by atoms with Gasteiger partial charge in [-0.05, 0) is 36.8 Å². The lowest BCUT2D eigenvalue weighted by molar-refractivity contribution is 0.525. The molecular formula is C12H18N4S. The number of aryl methyl sites for hydroxylation is 1. The van der Waals surface area contributed by atoms with Crippen LogP contribution in [0.4, 0.5) is 0 Å². The third kappa shape index (κ3) is 3.39. The van der Waals surface area contributed by atoms with Gasteiger partial charge in [-0.2, -0.15) is 5.10 Å². The van der Waals surface area contributed by atoms with Crippen molar-refractivity contribution in [3.05, 3.63) is 40.3 Å². The summed E-state index contributed by atoms with van der Waals surface area (Å²) < 4.78 is 1.94. The van der Waals surface area contributed by atoms with Crippen LogP contribution in [0, 0.1) is 0 Å². The lowest BCUT2D eigenvalue weighted by Crippen LogP contribution is -2.38. The van der Waals surface area contributed by atoms with Gasteiger partial charge in [0.25, 0.3) is 0 Å². The molecule has 1 unspecified atom stereocenters. The molecule has 5 heteroatoms. The molecule has 0 spiro atoms. The SMILES string of the molecule is CCn1cc(CC(Cc2cccs2)NN)cn1. The van der Waals surface area contributed by atoms with E-state index in [1.807, 2.05) is 10.9 Å². The minimum Gasteiger partial charge on any atom is -0.273 e. The van der Waals surface area contributed by atoms with Crippen molar-refractivity contribution in [1.29, 1.82) is 0 Å². The summed E-state index contributed by atoms with van der Waals surface area (Å²) in [5.41, 5.74) is 4.11. The van der Waals surface area contributed by atoms with E-state index in [0.717, 1.165) is 19.4 Å². The summed E-state index contributed by atoms with van der Waals surface area (Å²) in [6.45, 7) is 2.99. The van der Waals surface area contributed by atoms with Crippen LogP contribution in [0.5, 0.6) is 0 Å². The molecule has 0 aliphatic carbocycles. The minimum atomic E-state index is 0.267. The lowest BCUT2D eigenvalue weighted by atomic mass is 10.1. The zero-order chi connectivity index (χ0) is 12.1. The third-order valence-electron chi connectivity index (χ3n) is 2.76. The molecule has 17 heavy (non-hydrogen) atoms. The summed E-state index contributed by atoms with van der Waals surface area (Å²) in [5, 5.41) is 6.37. The number of rotatable bonds is 6. The van der Waals surface area contributed by atoms with Gasteiger partial charge in [-0.25, -0.2) is 0 Å². The van der Waals surface area contributed by atoms with Crippen molar-refractivity contribution >= 4 is 11.3 Å². The molecule has 2 heterocycles. The smallest absolute Gasteiger partial charge is 0.0522 e. The number of nitrogens with two attached hydrogens (primary N) is 1. The van der Waals surface area contributed by atoms with E-state index in [0.29, 0.717) is 0 Å². The zero-order valence-electron chi connectivity index (χ0n) is 9.97. The van der Waals surface area contributed by atoms with Gasteiger partial charge in [0.15, 0.2) is 0 Å². The van der Waals surface area contributed by atoms with Crippen LogP contribution in [-0.2, 0) is 19.4 Å². The van der Waals surface area contributed by atoms with E-state index < -0.39 is 0 Å². The number of hydrazine groups is 1. The van der Waals surface area contributed by atoms with Crippen LogP contribution in [0.1, 0.15) is 17.4 Å². The van der Waals surface area contributed by atoms with Crippen molar-refractivity contribution < 1.29 is 0 Å². The summed E-state index contributed by atoms with van der Waals surface area (Å²) in [4.78, 5) is 1.36. The van der Waals surface area contributed by atoms with E-state index in [4.69, 9.17) is 5.84 Å². The largest absolute Gasteiger partial charge is 0.273 e. The maximum Gasteiger partial charge on any atom is 0.0522 e. The predicted molar refractivity (Wildman–Crippen MR) is 70.7 cm³/mol. The fraction of sp³-hybridized carbons (Fsp3) is 0.417. The second kappa shape index (κ2) is 5.95. The van der Waals surface area contributed by atoms with Crippen LogP contribution in [-0.4, -0.2) is 15.8 Å². The van der Waals surface area contributed by atoms with E-state index in [9.17, 15) is 0 Å². The Morgan fingerprint density at radius 3 is 3.00 bits per heavy atom. The Hall–Kier alpha value is -1.17. The summed E-state index contributed by atoms with van der Waals surface area (Å²) in [6.07, 6.45) is 5.88. The van der Waals surface area contributed by atoms with Crippen molar-refractivity contribution in [3.63, 3.8) is 0 Å². The Morgan fingerprint density at radius 2 is 2.41 bits per heavy atom. The molecule has 2 aromatic rings. The molecule has 0 aromatic carbocycles. The minimum absolute atomic E-state index is 0.267. The first-order valence-corrected chi connectivity index (χ1v) is 6.69. The van der Waals surface area contributed by atoms with Crippen LogP contribution in [0.3, 0.4) is 0 Å². The zero-order valence-corrected chi connectivity index (χ0v) is 10.8. The molecule has 0 aliphatic rings. The highest BCUT2D eigenvalue weighted by Gasteiger charge is 2.10. The van der Waals surface area contributed by atoms with Crippen LogP contribution in [0.25, 0.3) is 0 Å². The number of nitrogens with zero attached hydrogens (tertiary/aromatic N) is 2. The lowest BCUT2D eigenvalue weighted by Gasteiger charge is -2.13. The second-order valence-corrected chi connectivity index (χ2v) is 5.09. The Balaban J connectivity index is 1.95. The van der Waals surface area contributed by atoms with E-state index in [2.05, 4.69) is 41.2 Å². The Kier molecular flexibility index (Phi) is 4.30. The second-order valence-electron chi connectivity index (χ2n) is 4.06. The van der Waals surface area contributed by atoms with Gasteiger partial charge in [0, 0.05) is 23.7 Å². The number of hydrogen-bond acceptors (Lipinski definition) is 4. The van der Waals surface area contributed by atoms with Crippen LogP contribution in [0.15, 0.2) is 29.9 Å². The van der Waals surface area contributed by atoms with Gasteiger partial charge >= 0.3 is 0 Å². The topological polar surface area (TPSA) is 55.9 Å². The van der Waals surface area contributed by atoms with Crippen LogP contribution >= 0.6 is 11.3 Å². The summed E-state index contributed by atoms with van der Waals surface area (Å²) in [7, 11) is 0. The molecule has 0 bridgehead atoms. The Morgan fingerprint density at radius 1 is 1.53 bits per heavy atom. The van der Waals surface area contributed by atoms with E-state index in [1.54, 1.807) is 11.3 Å². The Labute approximate surface area is 105 Å². The molecule has 2 aromatic heterocycles. The molecule has 0 amide bonds. The molecule has 92 valence electrons. The molecule has 0 saturated carbocycles. The van der Waals surface area contributed by atoms with Gasteiger partial charge in [-0.1, -0.05) is 6.07 Å². The van der Waals surface area contributed by atoms with Crippen molar-refractivity contribution in [2.45, 2.75) is 32.4 Å². The number of thiophene rings is 1. The first-order chi connectivity index (χ1) is 8.31. The average molecular weight is 250 g/mol. The van der Waals surface area contributed by atoms with Crippen molar-refractivity contribution in [2.75, 3.05) is 0 Å². The molecular weight excluding hydrogens is 232 g/mol. The van der Waals surface area contributed by atoms with Gasteiger partial charge in [0.1, 0.15) is 0 Å². The van der Waals surface area contributed by atoms with E-state index >= 15 is 0 Å². The van der Waals surface area contributed by atoms with E-state index in [-0.39, 0.29) is 6.04 Å². The van der Waals surface area contributed by atoms with Gasteiger partial charge in [-0.3, -0.25) is 16.0 Å². The third-order valence-corrected chi connectivity index (χ3v) is 3.65. The maximum absolute atomic E-state index is 5.60. The standard InChI is InChI=1S/C12H18N4S/c1-2-16-9-10(8-14-16)6-11(15-13)7-12-4-3-5-17-12/h3-5,8-9,11,15H,2,6-7,13H2,1H3. The van der Waals surface area contributed by atoms with E-state index in [1.165, 1.54) is 10.4 Å². The monoisotopic (exact) mass is 250 g/mol. The molecule has 2 rings (SSSR count). The highest BCUT2D eigenvalue weighted by atomic mass is 32.1. The molecule has 0 saturated heterocycles. The highest BCUT2D eigenvalue weighted by molar-refractivity contribution is 7.09. The normalized spacial score (nSPS) is 12.8. The quantitative estimate of drug-likeness (QED) is 0.604. The van der Waals surface area contributed by atoms with Gasteiger partial charge in [-0.15, -0.1) is 11.3 Å². The number of nitrogens with one attached hydrogen (secondary N) is 1. The first kappa shape index (κ1) is 12.3. The average Bonchev–Trinajstić information content (AvgIpc) is 2.99. The fourth-order valence-corrected chi connectivity index (χ4v) is 2.62. The molecule has 0 radical (unpaired) electrons. The van der Waals surface area contributed by atoms with Gasteiger partial charge < -0.3 is 0 Å².